The number of nitrogens with zero attached hydrogens (tertiary/aromatic N) is 1. The number of aliphatic hydroxyl groups is 1. The van der Waals surface area contributed by atoms with Crippen molar-refractivity contribution in [1.29, 1.82) is 0 Å². The van der Waals surface area contributed by atoms with Gasteiger partial charge in [-0.15, -0.1) is 0 Å². The second-order valence-corrected chi connectivity index (χ2v) is 5.25. The lowest BCUT2D eigenvalue weighted by Gasteiger charge is -2.19. The predicted molar refractivity (Wildman–Crippen MR) is 75.8 cm³/mol. The highest BCUT2D eigenvalue weighted by atomic mass is 19.1. The van der Waals surface area contributed by atoms with Crippen LogP contribution in [0.5, 0.6) is 0 Å². The molecule has 3 nitrogen and oxygen atoms in total. The van der Waals surface area contributed by atoms with Gasteiger partial charge in [0, 0.05) is 32.2 Å². The zero-order valence-electron chi connectivity index (χ0n) is 11.5. The molecular weight excluding hydrogens is 243 g/mol. The second-order valence-electron chi connectivity index (χ2n) is 5.25. The van der Waals surface area contributed by atoms with E-state index in [0.29, 0.717) is 12.2 Å². The van der Waals surface area contributed by atoms with E-state index < -0.39 is 0 Å². The molecule has 106 valence electrons. The molecule has 1 aliphatic rings. The third-order valence-corrected chi connectivity index (χ3v) is 3.65. The molecule has 1 aromatic rings. The van der Waals surface area contributed by atoms with Crippen LogP contribution in [0.15, 0.2) is 18.2 Å². The zero-order valence-corrected chi connectivity index (χ0v) is 11.5. The molecule has 1 fully saturated rings. The van der Waals surface area contributed by atoms with E-state index in [2.05, 4.69) is 12.2 Å². The summed E-state index contributed by atoms with van der Waals surface area (Å²) in [7, 11) is 0. The summed E-state index contributed by atoms with van der Waals surface area (Å²) in [6, 6.07) is 5.45. The van der Waals surface area contributed by atoms with Gasteiger partial charge in [0.25, 0.3) is 0 Å². The van der Waals surface area contributed by atoms with Crippen molar-refractivity contribution in [2.75, 3.05) is 31.1 Å². The zero-order chi connectivity index (χ0) is 13.7. The van der Waals surface area contributed by atoms with Gasteiger partial charge >= 0.3 is 0 Å². The van der Waals surface area contributed by atoms with Crippen molar-refractivity contribution in [3.8, 4) is 0 Å². The summed E-state index contributed by atoms with van der Waals surface area (Å²) in [5.41, 5.74) is 1.64. The quantitative estimate of drug-likeness (QED) is 0.774. The molecule has 1 aromatic carbocycles. The van der Waals surface area contributed by atoms with Crippen molar-refractivity contribution in [2.24, 2.45) is 5.92 Å². The summed E-state index contributed by atoms with van der Waals surface area (Å²) in [5.74, 6) is 0.125. The molecule has 0 radical (unpaired) electrons. The van der Waals surface area contributed by atoms with Gasteiger partial charge in [0.05, 0.1) is 5.69 Å². The molecule has 0 aromatic heterocycles. The van der Waals surface area contributed by atoms with Crippen LogP contribution in [0.25, 0.3) is 0 Å². The minimum atomic E-state index is -0.158. The lowest BCUT2D eigenvalue weighted by atomic mass is 10.1. The second kappa shape index (κ2) is 6.87. The Morgan fingerprint density at radius 1 is 1.47 bits per heavy atom. The van der Waals surface area contributed by atoms with E-state index >= 15 is 0 Å². The number of aliphatic hydroxyl groups excluding tert-OH is 1. The van der Waals surface area contributed by atoms with Crippen molar-refractivity contribution < 1.29 is 9.50 Å². The Labute approximate surface area is 114 Å². The SMILES string of the molecule is CCCNCc1ccc(N2CCC(CO)C2)c(F)c1. The molecule has 19 heavy (non-hydrogen) atoms. The van der Waals surface area contributed by atoms with Crippen molar-refractivity contribution in [2.45, 2.75) is 26.3 Å². The van der Waals surface area contributed by atoms with Gasteiger partial charge in [-0.3, -0.25) is 0 Å². The normalized spacial score (nSPS) is 19.1. The standard InChI is InChI=1S/C15H23FN2O/c1-2-6-17-9-12-3-4-15(14(16)8-12)18-7-5-13(10-18)11-19/h3-4,8,13,17,19H,2,5-7,9-11H2,1H3. The smallest absolute Gasteiger partial charge is 0.146 e. The average Bonchev–Trinajstić information content (AvgIpc) is 2.88. The third kappa shape index (κ3) is 3.67. The fourth-order valence-corrected chi connectivity index (χ4v) is 2.53. The third-order valence-electron chi connectivity index (χ3n) is 3.65. The fraction of sp³-hybridized carbons (Fsp3) is 0.600. The monoisotopic (exact) mass is 266 g/mol. The van der Waals surface area contributed by atoms with Crippen molar-refractivity contribution in [3.63, 3.8) is 0 Å². The van der Waals surface area contributed by atoms with E-state index in [1.54, 1.807) is 6.07 Å². The van der Waals surface area contributed by atoms with E-state index in [1.165, 1.54) is 0 Å². The Hall–Kier alpha value is -1.13. The van der Waals surface area contributed by atoms with Crippen molar-refractivity contribution in [3.05, 3.63) is 29.6 Å². The summed E-state index contributed by atoms with van der Waals surface area (Å²) >= 11 is 0. The van der Waals surface area contributed by atoms with Gasteiger partial charge in [-0.05, 0) is 37.1 Å². The molecule has 0 amide bonds. The number of nitrogens with one attached hydrogen (secondary N) is 1. The summed E-state index contributed by atoms with van der Waals surface area (Å²) in [6.07, 6.45) is 2.02. The number of hydrogen-bond acceptors (Lipinski definition) is 3. The summed E-state index contributed by atoms with van der Waals surface area (Å²) in [5, 5.41) is 12.4. The molecule has 0 spiro atoms. The van der Waals surface area contributed by atoms with Gasteiger partial charge in [-0.1, -0.05) is 13.0 Å². The maximum atomic E-state index is 14.1. The molecule has 4 heteroatoms. The van der Waals surface area contributed by atoms with Gasteiger partial charge in [-0.2, -0.15) is 0 Å². The Morgan fingerprint density at radius 2 is 2.32 bits per heavy atom. The maximum Gasteiger partial charge on any atom is 0.146 e. The van der Waals surface area contributed by atoms with E-state index in [1.807, 2.05) is 17.0 Å². The number of rotatable bonds is 6. The van der Waals surface area contributed by atoms with Crippen LogP contribution in [-0.4, -0.2) is 31.3 Å². The highest BCUT2D eigenvalue weighted by molar-refractivity contribution is 5.50. The van der Waals surface area contributed by atoms with Crippen LogP contribution in [0.4, 0.5) is 10.1 Å². The van der Waals surface area contributed by atoms with Crippen LogP contribution in [0.1, 0.15) is 25.3 Å². The molecule has 1 heterocycles. The molecule has 0 saturated carbocycles. The first-order valence-electron chi connectivity index (χ1n) is 7.09. The first-order valence-corrected chi connectivity index (χ1v) is 7.09. The predicted octanol–water partition coefficient (Wildman–Crippen LogP) is 2.14. The Balaban J connectivity index is 1.99. The molecule has 1 aliphatic heterocycles. The van der Waals surface area contributed by atoms with Gasteiger partial charge in [-0.25, -0.2) is 4.39 Å². The lowest BCUT2D eigenvalue weighted by molar-refractivity contribution is 0.238. The number of anilines is 1. The van der Waals surface area contributed by atoms with E-state index in [9.17, 15) is 4.39 Å². The van der Waals surface area contributed by atoms with Crippen LogP contribution >= 0.6 is 0 Å². The highest BCUT2D eigenvalue weighted by Crippen LogP contribution is 2.26. The molecule has 2 rings (SSSR count). The first kappa shape index (κ1) is 14.3. The van der Waals surface area contributed by atoms with E-state index in [4.69, 9.17) is 5.11 Å². The number of halogens is 1. The molecule has 1 atom stereocenters. The summed E-state index contributed by atoms with van der Waals surface area (Å²) < 4.78 is 14.1. The largest absolute Gasteiger partial charge is 0.396 e. The van der Waals surface area contributed by atoms with Crippen LogP contribution in [0.3, 0.4) is 0 Å². The van der Waals surface area contributed by atoms with Gasteiger partial charge < -0.3 is 15.3 Å². The lowest BCUT2D eigenvalue weighted by Crippen LogP contribution is -2.22. The highest BCUT2D eigenvalue weighted by Gasteiger charge is 2.23. The summed E-state index contributed by atoms with van der Waals surface area (Å²) in [4.78, 5) is 2.03. The topological polar surface area (TPSA) is 35.5 Å². The minimum Gasteiger partial charge on any atom is -0.396 e. The van der Waals surface area contributed by atoms with Crippen molar-refractivity contribution >= 4 is 5.69 Å². The van der Waals surface area contributed by atoms with E-state index in [0.717, 1.165) is 38.0 Å². The van der Waals surface area contributed by atoms with Crippen molar-refractivity contribution in [1.82, 2.24) is 5.32 Å². The van der Waals surface area contributed by atoms with Crippen LogP contribution in [-0.2, 0) is 6.54 Å². The van der Waals surface area contributed by atoms with Gasteiger partial charge in [0.2, 0.25) is 0 Å². The molecule has 1 saturated heterocycles. The number of benzene rings is 1. The van der Waals surface area contributed by atoms with Crippen LogP contribution in [0.2, 0.25) is 0 Å². The summed E-state index contributed by atoms with van der Waals surface area (Å²) in [6.45, 7) is 5.55. The Morgan fingerprint density at radius 3 is 2.95 bits per heavy atom. The van der Waals surface area contributed by atoms with Crippen LogP contribution < -0.4 is 10.2 Å². The van der Waals surface area contributed by atoms with Gasteiger partial charge in [0.1, 0.15) is 5.82 Å². The molecule has 0 aliphatic carbocycles. The molecule has 0 bridgehead atoms. The molecular formula is C15H23FN2O. The Kier molecular flexibility index (Phi) is 5.16. The maximum absolute atomic E-state index is 14.1. The van der Waals surface area contributed by atoms with Crippen LogP contribution in [0, 0.1) is 11.7 Å². The number of hydrogen-bond donors (Lipinski definition) is 2. The average molecular weight is 266 g/mol. The minimum absolute atomic E-state index is 0.158. The van der Waals surface area contributed by atoms with Gasteiger partial charge in [0.15, 0.2) is 0 Å². The molecule has 2 N–H and O–H groups in total. The first-order chi connectivity index (χ1) is 9.24. The fourth-order valence-electron chi connectivity index (χ4n) is 2.53. The molecule has 1 unspecified atom stereocenters. The Bertz CT molecular complexity index is 411. The van der Waals surface area contributed by atoms with E-state index in [-0.39, 0.29) is 18.3 Å².